The van der Waals surface area contributed by atoms with Crippen LogP contribution in [0.5, 0.6) is 0 Å². The smallest absolute Gasteiger partial charge is 0.383 e. The van der Waals surface area contributed by atoms with E-state index in [9.17, 15) is 22.8 Å². The Morgan fingerprint density at radius 3 is 2.66 bits per heavy atom. The third-order valence-electron chi connectivity index (χ3n) is 4.33. The fourth-order valence-electron chi connectivity index (χ4n) is 2.65. The van der Waals surface area contributed by atoms with Gasteiger partial charge in [-0.2, -0.15) is 13.2 Å². The lowest BCUT2D eigenvalue weighted by molar-refractivity contribution is -0.137. The van der Waals surface area contributed by atoms with Crippen LogP contribution in [-0.2, 0) is 15.7 Å². The monoisotopic (exact) mass is 472 g/mol. The van der Waals surface area contributed by atoms with Crippen LogP contribution in [0.25, 0.3) is 0 Å². The summed E-state index contributed by atoms with van der Waals surface area (Å²) in [7, 11) is 1.51. The molecule has 2 N–H and O–H groups in total. The Labute approximate surface area is 189 Å². The molecule has 176 valence electrons. The van der Waals surface area contributed by atoms with E-state index in [-0.39, 0.29) is 47.8 Å². The molecule has 0 spiro atoms. The molecule has 0 saturated carbocycles. The van der Waals surface area contributed by atoms with Gasteiger partial charge in [-0.05, 0) is 24.1 Å². The highest BCUT2D eigenvalue weighted by Gasteiger charge is 2.30. The van der Waals surface area contributed by atoms with Crippen molar-refractivity contribution < 1.29 is 27.5 Å². The number of nitrogens with zero attached hydrogens (tertiary/aromatic N) is 2. The number of anilines is 2. The van der Waals surface area contributed by atoms with E-state index in [0.717, 1.165) is 23.5 Å². The van der Waals surface area contributed by atoms with E-state index in [0.29, 0.717) is 19.1 Å². The van der Waals surface area contributed by atoms with Gasteiger partial charge in [0.2, 0.25) is 5.91 Å². The van der Waals surface area contributed by atoms with Gasteiger partial charge < -0.3 is 20.3 Å². The summed E-state index contributed by atoms with van der Waals surface area (Å²) in [5, 5.41) is 7.42. The maximum Gasteiger partial charge on any atom is 0.416 e. The third kappa shape index (κ3) is 8.12. The zero-order chi connectivity index (χ0) is 23.7. The summed E-state index contributed by atoms with van der Waals surface area (Å²) in [6, 6.07) is 4.73. The molecule has 0 radical (unpaired) electrons. The van der Waals surface area contributed by atoms with Gasteiger partial charge in [-0.15, -0.1) is 11.3 Å². The number of halogens is 3. The molecule has 7 nitrogen and oxygen atoms in total. The molecular formula is C21H27F3N4O3S. The fourth-order valence-corrected chi connectivity index (χ4v) is 3.35. The number of nitrogens with one attached hydrogen (secondary N) is 2. The molecule has 0 aliphatic rings. The summed E-state index contributed by atoms with van der Waals surface area (Å²) in [6.45, 7) is 5.30. The molecule has 0 atom stereocenters. The Morgan fingerprint density at radius 2 is 2.00 bits per heavy atom. The van der Waals surface area contributed by atoms with E-state index in [1.165, 1.54) is 29.5 Å². The van der Waals surface area contributed by atoms with E-state index < -0.39 is 11.7 Å². The summed E-state index contributed by atoms with van der Waals surface area (Å²) in [5.41, 5.74) is -0.425. The number of ether oxygens (including phenoxy) is 1. The normalized spacial score (nSPS) is 11.5. The number of carbonyl (C=O) groups is 2. The molecule has 0 unspecified atom stereocenters. The van der Waals surface area contributed by atoms with Crippen LogP contribution in [0.4, 0.5) is 24.0 Å². The standard InChI is InChI=1S/C21H27F3N4O3S/c1-14(2)12-25-18(29)7-8-28(9-10-31-3)19(30)17-13-32-20(27-17)26-16-6-4-5-15(11-16)21(22,23)24/h4-6,11,13-14H,7-10,12H2,1-3H3,(H,25,29)(H,26,27). The number of hydrogen-bond donors (Lipinski definition) is 2. The van der Waals surface area contributed by atoms with E-state index in [4.69, 9.17) is 4.74 Å². The molecule has 1 aromatic heterocycles. The fraction of sp³-hybridized carbons (Fsp3) is 0.476. The van der Waals surface area contributed by atoms with Gasteiger partial charge in [-0.25, -0.2) is 4.98 Å². The number of aromatic nitrogens is 1. The predicted octanol–water partition coefficient (Wildman–Crippen LogP) is 4.16. The SMILES string of the molecule is COCCN(CCC(=O)NCC(C)C)C(=O)c1csc(Nc2cccc(C(F)(F)F)c2)n1. The number of carbonyl (C=O) groups excluding carboxylic acids is 2. The van der Waals surface area contributed by atoms with Crippen molar-refractivity contribution in [2.75, 3.05) is 38.7 Å². The third-order valence-corrected chi connectivity index (χ3v) is 5.09. The van der Waals surface area contributed by atoms with Gasteiger partial charge in [0.15, 0.2) is 5.13 Å². The molecule has 0 aliphatic heterocycles. The minimum absolute atomic E-state index is 0.141. The quantitative estimate of drug-likeness (QED) is 0.513. The highest BCUT2D eigenvalue weighted by atomic mass is 32.1. The first-order valence-electron chi connectivity index (χ1n) is 10.0. The van der Waals surface area contributed by atoms with Gasteiger partial charge in [0, 0.05) is 44.2 Å². The van der Waals surface area contributed by atoms with E-state index in [1.807, 2.05) is 13.8 Å². The van der Waals surface area contributed by atoms with Gasteiger partial charge >= 0.3 is 6.18 Å². The number of rotatable bonds is 11. The number of thiazole rings is 1. The Morgan fingerprint density at radius 1 is 1.25 bits per heavy atom. The lowest BCUT2D eigenvalue weighted by atomic mass is 10.2. The molecule has 0 saturated heterocycles. The number of alkyl halides is 3. The van der Waals surface area contributed by atoms with Crippen molar-refractivity contribution in [2.45, 2.75) is 26.4 Å². The van der Waals surface area contributed by atoms with Crippen molar-refractivity contribution in [2.24, 2.45) is 5.92 Å². The first-order chi connectivity index (χ1) is 15.1. The molecule has 0 aliphatic carbocycles. The molecule has 2 rings (SSSR count). The van der Waals surface area contributed by atoms with E-state index >= 15 is 0 Å². The van der Waals surface area contributed by atoms with Crippen LogP contribution in [0.1, 0.15) is 36.3 Å². The highest BCUT2D eigenvalue weighted by molar-refractivity contribution is 7.14. The lowest BCUT2D eigenvalue weighted by Crippen LogP contribution is -2.38. The first-order valence-corrected chi connectivity index (χ1v) is 10.9. The summed E-state index contributed by atoms with van der Waals surface area (Å²) in [5.74, 6) is -0.214. The maximum atomic E-state index is 12.9. The maximum absolute atomic E-state index is 12.9. The van der Waals surface area contributed by atoms with Crippen molar-refractivity contribution in [1.29, 1.82) is 0 Å². The Hall–Kier alpha value is -2.66. The zero-order valence-corrected chi connectivity index (χ0v) is 19.0. The predicted molar refractivity (Wildman–Crippen MR) is 117 cm³/mol. The molecule has 0 fully saturated rings. The van der Waals surface area contributed by atoms with E-state index in [2.05, 4.69) is 15.6 Å². The Kier molecular flexibility index (Phi) is 9.45. The summed E-state index contributed by atoms with van der Waals surface area (Å²) < 4.78 is 43.7. The average Bonchev–Trinajstić information content (AvgIpc) is 3.20. The molecule has 0 bridgehead atoms. The molecular weight excluding hydrogens is 445 g/mol. The van der Waals surface area contributed by atoms with Crippen molar-refractivity contribution in [3.8, 4) is 0 Å². The van der Waals surface area contributed by atoms with Gasteiger partial charge in [0.25, 0.3) is 5.91 Å². The van der Waals surface area contributed by atoms with Crippen molar-refractivity contribution in [1.82, 2.24) is 15.2 Å². The van der Waals surface area contributed by atoms with Gasteiger partial charge in [0.1, 0.15) is 5.69 Å². The molecule has 1 aromatic carbocycles. The van der Waals surface area contributed by atoms with Crippen LogP contribution in [0.2, 0.25) is 0 Å². The highest BCUT2D eigenvalue weighted by Crippen LogP contribution is 2.31. The van der Waals surface area contributed by atoms with Crippen molar-refractivity contribution in [3.05, 3.63) is 40.9 Å². The van der Waals surface area contributed by atoms with Crippen molar-refractivity contribution >= 4 is 34.0 Å². The Balaban J connectivity index is 2.04. The minimum Gasteiger partial charge on any atom is -0.383 e. The second kappa shape index (κ2) is 11.8. The zero-order valence-electron chi connectivity index (χ0n) is 18.2. The summed E-state index contributed by atoms with van der Waals surface area (Å²) in [6.07, 6.45) is -4.31. The molecule has 11 heteroatoms. The summed E-state index contributed by atoms with van der Waals surface area (Å²) >= 11 is 1.10. The minimum atomic E-state index is -4.45. The average molecular weight is 473 g/mol. The lowest BCUT2D eigenvalue weighted by Gasteiger charge is -2.21. The number of benzene rings is 1. The second-order valence-electron chi connectivity index (χ2n) is 7.47. The molecule has 1 heterocycles. The van der Waals surface area contributed by atoms with Crippen LogP contribution < -0.4 is 10.6 Å². The number of amides is 2. The van der Waals surface area contributed by atoms with Crippen LogP contribution in [-0.4, -0.2) is 55.0 Å². The van der Waals surface area contributed by atoms with Crippen LogP contribution in [0, 0.1) is 5.92 Å². The largest absolute Gasteiger partial charge is 0.416 e. The topological polar surface area (TPSA) is 83.6 Å². The first kappa shape index (κ1) is 25.6. The van der Waals surface area contributed by atoms with Gasteiger partial charge in [-0.1, -0.05) is 19.9 Å². The molecule has 2 aromatic rings. The Bertz CT molecular complexity index is 902. The molecule has 2 amide bonds. The summed E-state index contributed by atoms with van der Waals surface area (Å²) in [4.78, 5) is 30.6. The van der Waals surface area contributed by atoms with E-state index in [1.54, 1.807) is 0 Å². The van der Waals surface area contributed by atoms with Crippen LogP contribution >= 0.6 is 11.3 Å². The van der Waals surface area contributed by atoms with Crippen LogP contribution in [0.3, 0.4) is 0 Å². The number of methoxy groups -OCH3 is 1. The van der Waals surface area contributed by atoms with Gasteiger partial charge in [0.05, 0.1) is 12.2 Å². The van der Waals surface area contributed by atoms with Gasteiger partial charge in [-0.3, -0.25) is 9.59 Å². The van der Waals surface area contributed by atoms with Crippen molar-refractivity contribution in [3.63, 3.8) is 0 Å². The number of hydrogen-bond acceptors (Lipinski definition) is 6. The second-order valence-corrected chi connectivity index (χ2v) is 8.33. The van der Waals surface area contributed by atoms with Crippen LogP contribution in [0.15, 0.2) is 29.6 Å². The molecule has 32 heavy (non-hydrogen) atoms.